The summed E-state index contributed by atoms with van der Waals surface area (Å²) in [5.74, 6) is -0.997. The van der Waals surface area contributed by atoms with Gasteiger partial charge in [-0.2, -0.15) is 0 Å². The van der Waals surface area contributed by atoms with E-state index in [4.69, 9.17) is 11.2 Å². The first kappa shape index (κ1) is 25.0. The Bertz CT molecular complexity index is 821. The van der Waals surface area contributed by atoms with E-state index >= 15 is 0 Å². The van der Waals surface area contributed by atoms with E-state index in [1.54, 1.807) is 20.8 Å². The second-order valence-electron chi connectivity index (χ2n) is 9.20. The Morgan fingerprint density at radius 2 is 1.63 bits per heavy atom. The van der Waals surface area contributed by atoms with Crippen molar-refractivity contribution in [2.45, 2.75) is 72.6 Å². The lowest BCUT2D eigenvalue weighted by molar-refractivity contribution is -0.137. The maximum atomic E-state index is 13.2. The highest BCUT2D eigenvalue weighted by Crippen LogP contribution is 2.28. The van der Waals surface area contributed by atoms with Gasteiger partial charge in [0.05, 0.1) is 0 Å². The maximum absolute atomic E-state index is 13.2. The monoisotopic (exact) mass is 415 g/mol. The standard InChI is InChI=1S/C23H33N3O4/c1-10-26(17(27)14-24-21(29)30-23(7,8)9)19(20(28)25-22(4,5)6)18-15(2)12-11-13-16(18)3/h1,11-13,19H,14H2,2-9H3,(H,24,29)(H,25,28). The molecule has 1 atom stereocenters. The summed E-state index contributed by atoms with van der Waals surface area (Å²) in [5, 5.41) is 5.29. The molecule has 0 fully saturated rings. The van der Waals surface area contributed by atoms with Gasteiger partial charge in [-0.1, -0.05) is 24.6 Å². The minimum absolute atomic E-state index is 0.399. The van der Waals surface area contributed by atoms with Gasteiger partial charge in [0.1, 0.15) is 18.2 Å². The topological polar surface area (TPSA) is 87.7 Å². The van der Waals surface area contributed by atoms with Crippen LogP contribution in [0.2, 0.25) is 0 Å². The van der Waals surface area contributed by atoms with Crippen LogP contribution in [-0.2, 0) is 14.3 Å². The first-order valence-corrected chi connectivity index (χ1v) is 9.79. The molecule has 0 aliphatic heterocycles. The van der Waals surface area contributed by atoms with Crippen LogP contribution in [0.5, 0.6) is 0 Å². The number of hydrogen-bond donors (Lipinski definition) is 2. The van der Waals surface area contributed by atoms with Crippen molar-refractivity contribution < 1.29 is 19.1 Å². The molecule has 7 nitrogen and oxygen atoms in total. The fourth-order valence-corrected chi connectivity index (χ4v) is 2.91. The molecule has 0 saturated carbocycles. The van der Waals surface area contributed by atoms with Crippen molar-refractivity contribution in [1.29, 1.82) is 0 Å². The summed E-state index contributed by atoms with van der Waals surface area (Å²) in [4.78, 5) is 39.0. The SMILES string of the molecule is C#CN(C(=O)CNC(=O)OC(C)(C)C)C(C(=O)NC(C)(C)C)c1c(C)cccc1C. The summed E-state index contributed by atoms with van der Waals surface area (Å²) in [6, 6.07) is 6.88. The highest BCUT2D eigenvalue weighted by atomic mass is 16.6. The predicted octanol–water partition coefficient (Wildman–Crippen LogP) is 3.20. The Hall–Kier alpha value is -3.01. The largest absolute Gasteiger partial charge is 0.444 e. The molecule has 1 unspecified atom stereocenters. The molecule has 0 aromatic heterocycles. The highest BCUT2D eigenvalue weighted by Gasteiger charge is 2.34. The van der Waals surface area contributed by atoms with Gasteiger partial charge in [0.25, 0.3) is 5.91 Å². The summed E-state index contributed by atoms with van der Waals surface area (Å²) < 4.78 is 5.15. The zero-order valence-electron chi connectivity index (χ0n) is 19.2. The van der Waals surface area contributed by atoms with Gasteiger partial charge in [0.15, 0.2) is 0 Å². The van der Waals surface area contributed by atoms with E-state index in [0.717, 1.165) is 16.0 Å². The highest BCUT2D eigenvalue weighted by molar-refractivity contribution is 5.92. The molecule has 164 valence electrons. The lowest BCUT2D eigenvalue weighted by Gasteiger charge is -2.31. The van der Waals surface area contributed by atoms with Crippen molar-refractivity contribution in [1.82, 2.24) is 15.5 Å². The summed E-state index contributed by atoms with van der Waals surface area (Å²) in [6.07, 6.45) is 4.91. The van der Waals surface area contributed by atoms with Crippen molar-refractivity contribution in [3.05, 3.63) is 34.9 Å². The quantitative estimate of drug-likeness (QED) is 0.571. The number of carbonyl (C=O) groups is 3. The fourth-order valence-electron chi connectivity index (χ4n) is 2.91. The van der Waals surface area contributed by atoms with Crippen molar-refractivity contribution in [3.63, 3.8) is 0 Å². The molecule has 1 aromatic rings. The number of aryl methyl sites for hydroxylation is 2. The Morgan fingerprint density at radius 3 is 2.07 bits per heavy atom. The number of ether oxygens (including phenoxy) is 1. The molecule has 0 spiro atoms. The number of amides is 3. The van der Waals surface area contributed by atoms with Crippen LogP contribution in [0, 0.1) is 26.3 Å². The molecule has 0 aliphatic carbocycles. The van der Waals surface area contributed by atoms with E-state index in [-0.39, 0.29) is 0 Å². The molecule has 1 aromatic carbocycles. The molecular formula is C23H33N3O4. The summed E-state index contributed by atoms with van der Waals surface area (Å²) in [6.45, 7) is 14.0. The van der Waals surface area contributed by atoms with Crippen LogP contribution >= 0.6 is 0 Å². The first-order valence-electron chi connectivity index (χ1n) is 9.79. The third-order valence-electron chi connectivity index (χ3n) is 4.01. The minimum Gasteiger partial charge on any atom is -0.444 e. The minimum atomic E-state index is -1.04. The molecule has 3 amide bonds. The number of carbonyl (C=O) groups excluding carboxylic acids is 3. The normalized spacial score (nSPS) is 12.4. The number of nitrogens with zero attached hydrogens (tertiary/aromatic N) is 1. The smallest absolute Gasteiger partial charge is 0.408 e. The Kier molecular flexibility index (Phi) is 8.06. The van der Waals surface area contributed by atoms with Gasteiger partial charge in [-0.25, -0.2) is 4.79 Å². The van der Waals surface area contributed by atoms with Crippen LogP contribution in [0.4, 0.5) is 4.79 Å². The summed E-state index contributed by atoms with van der Waals surface area (Å²) >= 11 is 0. The summed E-state index contributed by atoms with van der Waals surface area (Å²) in [7, 11) is 0. The Balaban J connectivity index is 3.23. The van der Waals surface area contributed by atoms with Crippen molar-refractivity contribution in [3.8, 4) is 12.5 Å². The summed E-state index contributed by atoms with van der Waals surface area (Å²) in [5.41, 5.74) is 1.09. The van der Waals surface area contributed by atoms with Gasteiger partial charge in [0.2, 0.25) is 5.91 Å². The predicted molar refractivity (Wildman–Crippen MR) is 116 cm³/mol. The van der Waals surface area contributed by atoms with Crippen LogP contribution in [0.1, 0.15) is 64.3 Å². The van der Waals surface area contributed by atoms with E-state index in [2.05, 4.69) is 16.7 Å². The number of rotatable bonds is 5. The number of benzene rings is 1. The van der Waals surface area contributed by atoms with Gasteiger partial charge < -0.3 is 15.4 Å². The van der Waals surface area contributed by atoms with E-state index in [1.807, 2.05) is 52.8 Å². The number of alkyl carbamates (subject to hydrolysis) is 1. The molecule has 0 heterocycles. The van der Waals surface area contributed by atoms with Crippen molar-refractivity contribution in [2.75, 3.05) is 6.54 Å². The number of terminal acetylenes is 1. The van der Waals surface area contributed by atoms with Crippen LogP contribution in [0.15, 0.2) is 18.2 Å². The lowest BCUT2D eigenvalue weighted by atomic mass is 9.93. The second kappa shape index (κ2) is 9.66. The van der Waals surface area contributed by atoms with E-state index in [0.29, 0.717) is 5.56 Å². The van der Waals surface area contributed by atoms with Crippen LogP contribution < -0.4 is 10.6 Å². The number of nitrogens with one attached hydrogen (secondary N) is 2. The van der Waals surface area contributed by atoms with Gasteiger partial charge in [0, 0.05) is 11.6 Å². The zero-order chi connectivity index (χ0) is 23.3. The van der Waals surface area contributed by atoms with Crippen molar-refractivity contribution >= 4 is 17.9 Å². The van der Waals surface area contributed by atoms with Crippen LogP contribution in [0.3, 0.4) is 0 Å². The van der Waals surface area contributed by atoms with Gasteiger partial charge in [-0.15, -0.1) is 0 Å². The molecule has 0 saturated heterocycles. The molecular weight excluding hydrogens is 382 g/mol. The average molecular weight is 416 g/mol. The van der Waals surface area contributed by atoms with E-state index in [9.17, 15) is 14.4 Å². The van der Waals surface area contributed by atoms with Gasteiger partial charge >= 0.3 is 6.09 Å². The molecule has 1 rings (SSSR count). The molecule has 0 radical (unpaired) electrons. The lowest BCUT2D eigenvalue weighted by Crippen LogP contribution is -2.50. The third-order valence-corrected chi connectivity index (χ3v) is 4.01. The fraction of sp³-hybridized carbons (Fsp3) is 0.522. The molecule has 0 bridgehead atoms. The van der Waals surface area contributed by atoms with E-state index < -0.39 is 41.6 Å². The Labute approximate surface area is 179 Å². The number of hydrogen-bond acceptors (Lipinski definition) is 4. The van der Waals surface area contributed by atoms with Gasteiger partial charge in [-0.05, 0) is 72.1 Å². The molecule has 2 N–H and O–H groups in total. The Morgan fingerprint density at radius 1 is 1.10 bits per heavy atom. The average Bonchev–Trinajstić information content (AvgIpc) is 2.55. The molecule has 7 heteroatoms. The first-order chi connectivity index (χ1) is 13.7. The van der Waals surface area contributed by atoms with Crippen LogP contribution in [0.25, 0.3) is 0 Å². The maximum Gasteiger partial charge on any atom is 0.408 e. The van der Waals surface area contributed by atoms with Crippen molar-refractivity contribution in [2.24, 2.45) is 0 Å². The zero-order valence-corrected chi connectivity index (χ0v) is 19.2. The molecule has 0 aliphatic rings. The third kappa shape index (κ3) is 7.43. The second-order valence-corrected chi connectivity index (χ2v) is 9.20. The van der Waals surface area contributed by atoms with Gasteiger partial charge in [-0.3, -0.25) is 14.5 Å². The molecule has 30 heavy (non-hydrogen) atoms. The van der Waals surface area contributed by atoms with Crippen LogP contribution in [-0.4, -0.2) is 40.5 Å². The van der Waals surface area contributed by atoms with E-state index in [1.165, 1.54) is 0 Å².